The van der Waals surface area contributed by atoms with Gasteiger partial charge in [-0.25, -0.2) is 0 Å². The van der Waals surface area contributed by atoms with Crippen molar-refractivity contribution in [1.29, 1.82) is 0 Å². The summed E-state index contributed by atoms with van der Waals surface area (Å²) in [6, 6.07) is 23.9. The number of benzene rings is 4. The Labute approximate surface area is 442 Å². The van der Waals surface area contributed by atoms with E-state index < -0.39 is 11.8 Å². The number of amides is 4. The largest absolute Gasteiger partial charge is 0.482 e. The zero-order valence-electron chi connectivity index (χ0n) is 39.6. The molecular weight excluding hydrogens is 1020 g/mol. The number of aromatic nitrogens is 1. The van der Waals surface area contributed by atoms with Crippen LogP contribution in [-0.4, -0.2) is 81.1 Å². The van der Waals surface area contributed by atoms with E-state index in [1.165, 1.54) is 24.3 Å². The molecule has 376 valence electrons. The minimum absolute atomic E-state index is 0.0158. The summed E-state index contributed by atoms with van der Waals surface area (Å²) in [5.41, 5.74) is 4.07. The van der Waals surface area contributed by atoms with E-state index in [1.54, 1.807) is 11.8 Å². The molecular formula is C53H53Cl4N6O8S+. The molecule has 0 atom stereocenters. The van der Waals surface area contributed by atoms with Crippen molar-refractivity contribution >= 4 is 116 Å². The first-order valence-electron chi connectivity index (χ1n) is 23.0. The molecule has 4 aromatic carbocycles. The Morgan fingerprint density at radius 1 is 0.625 bits per heavy atom. The molecule has 6 rings (SSSR count). The van der Waals surface area contributed by atoms with Gasteiger partial charge in [0.1, 0.15) is 21.5 Å². The van der Waals surface area contributed by atoms with Gasteiger partial charge in [0.15, 0.2) is 37.5 Å². The molecule has 1 aliphatic rings. The van der Waals surface area contributed by atoms with Gasteiger partial charge < -0.3 is 35.6 Å². The lowest BCUT2D eigenvalue weighted by atomic mass is 10.0. The lowest BCUT2D eigenvalue weighted by Gasteiger charge is -2.20. The maximum absolute atomic E-state index is 13.1. The Morgan fingerprint density at radius 3 is 1.68 bits per heavy atom. The maximum Gasteiger partial charge on any atom is 0.258 e. The number of anilines is 1. The molecule has 0 radical (unpaired) electrons. The average Bonchev–Trinajstić information content (AvgIpc) is 3.74. The Morgan fingerprint density at radius 2 is 1.12 bits per heavy atom. The van der Waals surface area contributed by atoms with E-state index in [2.05, 4.69) is 45.4 Å². The molecule has 2 heterocycles. The zero-order chi connectivity index (χ0) is 51.9. The van der Waals surface area contributed by atoms with Crippen molar-refractivity contribution < 1.29 is 42.8 Å². The Bertz CT molecular complexity index is 2970. The summed E-state index contributed by atoms with van der Waals surface area (Å²) in [5, 5.41) is 13.1. The van der Waals surface area contributed by atoms with Crippen LogP contribution in [0.1, 0.15) is 65.8 Å². The summed E-state index contributed by atoms with van der Waals surface area (Å²) in [4.78, 5) is 79.2. The highest BCUT2D eigenvalue weighted by atomic mass is 35.5. The van der Waals surface area contributed by atoms with E-state index >= 15 is 0 Å². The van der Waals surface area contributed by atoms with E-state index in [1.807, 2.05) is 79.2 Å². The monoisotopic (exact) mass is 1070 g/mol. The molecule has 0 unspecified atom stereocenters. The number of hydrogen-bond acceptors (Lipinski definition) is 10. The van der Waals surface area contributed by atoms with E-state index in [0.29, 0.717) is 37.1 Å². The van der Waals surface area contributed by atoms with Crippen molar-refractivity contribution in [1.82, 2.24) is 21.3 Å². The number of Topliss-reactive ketones (excluding diaryl/α,β-unsaturated/α-hetero) is 2. The van der Waals surface area contributed by atoms with E-state index in [4.69, 9.17) is 55.9 Å². The van der Waals surface area contributed by atoms with Crippen molar-refractivity contribution in [2.45, 2.75) is 51.0 Å². The average molecular weight is 1080 g/mol. The number of para-hydroxylation sites is 2. The molecule has 4 amide bonds. The van der Waals surface area contributed by atoms with E-state index in [9.17, 15) is 28.8 Å². The topological polar surface area (TPSA) is 176 Å². The van der Waals surface area contributed by atoms with Crippen LogP contribution < -0.4 is 40.2 Å². The molecule has 14 nitrogen and oxygen atoms in total. The van der Waals surface area contributed by atoms with Crippen LogP contribution in [0.5, 0.6) is 11.5 Å². The number of ketones is 2. The van der Waals surface area contributed by atoms with Gasteiger partial charge in [0.05, 0.1) is 32.6 Å². The molecule has 19 heteroatoms. The van der Waals surface area contributed by atoms with E-state index in [-0.39, 0.29) is 118 Å². The van der Waals surface area contributed by atoms with Crippen LogP contribution in [0.3, 0.4) is 0 Å². The lowest BCUT2D eigenvalue weighted by molar-refractivity contribution is -0.670. The normalized spacial score (nSPS) is 12.2. The molecule has 0 aliphatic carbocycles. The number of ether oxygens (including phenoxy) is 2. The summed E-state index contributed by atoms with van der Waals surface area (Å²) < 4.78 is 13.1. The third kappa shape index (κ3) is 14.2. The SMILES string of the molecule is C=C(CC)C(=O)c1ccc(OCC(=O)NCCNC(=O)CCN2C(=Cc3cc[n+](CCC(=O)NCCNC(=O)COc4ccc(C(=O)C(=C)CC)c(Cl)c4Cl)c4ccccc34)Sc3ccccc32)c(Cl)c1Cl. The fourth-order valence-electron chi connectivity index (χ4n) is 7.30. The Hall–Kier alpha value is -6.36. The number of thioether (sulfide) groups is 1. The van der Waals surface area contributed by atoms with Gasteiger partial charge in [-0.15, -0.1) is 0 Å². The van der Waals surface area contributed by atoms with Crippen molar-refractivity contribution in [3.63, 3.8) is 0 Å². The van der Waals surface area contributed by atoms with Gasteiger partial charge in [-0.05, 0) is 78.1 Å². The number of carbonyl (C=O) groups excluding carboxylic acids is 6. The summed E-state index contributed by atoms with van der Waals surface area (Å²) in [6.45, 7) is 12.0. The molecule has 1 aliphatic heterocycles. The highest BCUT2D eigenvalue weighted by molar-refractivity contribution is 8.03. The van der Waals surface area contributed by atoms with Gasteiger partial charge in [0.25, 0.3) is 11.8 Å². The number of aryl methyl sites for hydroxylation is 1. The van der Waals surface area contributed by atoms with Gasteiger partial charge in [-0.2, -0.15) is 4.57 Å². The van der Waals surface area contributed by atoms with Gasteiger partial charge in [-0.1, -0.05) is 109 Å². The Balaban J connectivity index is 0.955. The molecule has 0 saturated heterocycles. The summed E-state index contributed by atoms with van der Waals surface area (Å²) >= 11 is 26.9. The lowest BCUT2D eigenvalue weighted by Crippen LogP contribution is -2.40. The highest BCUT2D eigenvalue weighted by Gasteiger charge is 2.27. The maximum atomic E-state index is 13.1. The highest BCUT2D eigenvalue weighted by Crippen LogP contribution is 2.47. The minimum Gasteiger partial charge on any atom is -0.482 e. The van der Waals surface area contributed by atoms with Crippen LogP contribution in [0.4, 0.5) is 5.69 Å². The second kappa shape index (κ2) is 26.4. The third-order valence-electron chi connectivity index (χ3n) is 11.4. The zero-order valence-corrected chi connectivity index (χ0v) is 43.5. The van der Waals surface area contributed by atoms with Crippen LogP contribution in [0.2, 0.25) is 20.1 Å². The smallest absolute Gasteiger partial charge is 0.258 e. The van der Waals surface area contributed by atoms with Crippen molar-refractivity contribution in [2.75, 3.05) is 50.8 Å². The number of fused-ring (bicyclic) bond motifs is 2. The molecule has 72 heavy (non-hydrogen) atoms. The fourth-order valence-corrected chi connectivity index (χ4v) is 9.36. The minimum atomic E-state index is -0.436. The quantitative estimate of drug-likeness (QED) is 0.0191. The number of nitrogens with one attached hydrogen (secondary N) is 4. The second-order valence-corrected chi connectivity index (χ2v) is 18.8. The standard InChI is InChI=1S/C53H52Cl4N6O8S/c1-5-32(3)52(68)36-15-17-40(50(56)48(36)54)70-30-45(66)60-24-22-58-43(64)20-27-62-26-19-34(35-11-7-8-12-38(35)62)29-47-63(39-13-9-10-14-42(39)72-47)28-21-44(65)59-23-25-61-46(67)31-71-41-18-16-37(49(55)51(41)57)53(69)33(4)6-2/h7-19,26,29H,3-6,20-25,27-28,30-31H2,1-2H3,(H3-,58,59,60,61,64,65,66,67)/p+1. The van der Waals surface area contributed by atoms with E-state index in [0.717, 1.165) is 32.1 Å². The van der Waals surface area contributed by atoms with Crippen LogP contribution in [0, 0.1) is 0 Å². The predicted octanol–water partition coefficient (Wildman–Crippen LogP) is 9.35. The summed E-state index contributed by atoms with van der Waals surface area (Å²) in [6.07, 6.45) is 5.35. The molecule has 0 saturated carbocycles. The molecule has 1 aromatic heterocycles. The number of allylic oxidation sites excluding steroid dienone is 2. The molecule has 4 N–H and O–H groups in total. The summed E-state index contributed by atoms with van der Waals surface area (Å²) in [7, 11) is 0. The fraction of sp³-hybridized carbons (Fsp3) is 0.264. The first-order chi connectivity index (χ1) is 34.6. The van der Waals surface area contributed by atoms with Gasteiger partial charge >= 0.3 is 0 Å². The number of carbonyl (C=O) groups is 6. The second-order valence-electron chi connectivity index (χ2n) is 16.2. The number of halogens is 4. The van der Waals surface area contributed by atoms with Crippen LogP contribution in [-0.2, 0) is 25.7 Å². The number of rotatable bonds is 25. The van der Waals surface area contributed by atoms with Crippen molar-refractivity contribution in [3.05, 3.63) is 151 Å². The summed E-state index contributed by atoms with van der Waals surface area (Å²) in [5.74, 6) is -1.58. The number of hydrogen-bond donors (Lipinski definition) is 4. The first kappa shape index (κ1) is 55.0. The molecule has 5 aromatic rings. The van der Waals surface area contributed by atoms with Crippen LogP contribution in [0.15, 0.2) is 119 Å². The Kier molecular flexibility index (Phi) is 20.1. The van der Waals surface area contributed by atoms with Gasteiger partial charge in [-0.3, -0.25) is 28.8 Å². The van der Waals surface area contributed by atoms with Crippen molar-refractivity contribution in [2.24, 2.45) is 0 Å². The number of pyridine rings is 1. The van der Waals surface area contributed by atoms with Crippen LogP contribution in [0.25, 0.3) is 17.0 Å². The molecule has 0 spiro atoms. The van der Waals surface area contributed by atoms with Gasteiger partial charge in [0.2, 0.25) is 17.3 Å². The number of nitrogens with zero attached hydrogens (tertiary/aromatic N) is 2. The predicted molar refractivity (Wildman–Crippen MR) is 284 cm³/mol. The van der Waals surface area contributed by atoms with Crippen molar-refractivity contribution in [3.8, 4) is 11.5 Å². The molecule has 0 fully saturated rings. The third-order valence-corrected chi connectivity index (χ3v) is 14.2. The van der Waals surface area contributed by atoms with Gasteiger partial charge in [0, 0.05) is 67.3 Å². The first-order valence-corrected chi connectivity index (χ1v) is 25.3. The van der Waals surface area contributed by atoms with Crippen LogP contribution >= 0.6 is 58.2 Å². The molecule has 0 bridgehead atoms.